The lowest BCUT2D eigenvalue weighted by molar-refractivity contribution is 0.645. The second-order valence-electron chi connectivity index (χ2n) is 5.94. The van der Waals surface area contributed by atoms with E-state index in [1.807, 2.05) is 36.4 Å². The molecule has 126 valence electrons. The first-order valence-corrected chi connectivity index (χ1v) is 8.45. The first kappa shape index (κ1) is 15.4. The summed E-state index contributed by atoms with van der Waals surface area (Å²) in [7, 11) is 0. The third kappa shape index (κ3) is 3.68. The van der Waals surface area contributed by atoms with Crippen molar-refractivity contribution in [3.63, 3.8) is 0 Å². The van der Waals surface area contributed by atoms with Gasteiger partial charge in [-0.3, -0.25) is 0 Å². The Kier molecular flexibility index (Phi) is 4.41. The predicted molar refractivity (Wildman–Crippen MR) is 100 cm³/mol. The van der Waals surface area contributed by atoms with Crippen LogP contribution >= 0.6 is 0 Å². The van der Waals surface area contributed by atoms with Gasteiger partial charge in [0.2, 0.25) is 5.95 Å². The highest BCUT2D eigenvalue weighted by Gasteiger charge is 2.19. The summed E-state index contributed by atoms with van der Waals surface area (Å²) in [6.45, 7) is 3.77. The summed E-state index contributed by atoms with van der Waals surface area (Å²) < 4.78 is 0. The smallest absolute Gasteiger partial charge is 0.249 e. The molecule has 1 fully saturated rings. The van der Waals surface area contributed by atoms with Crippen LogP contribution in [0.5, 0.6) is 0 Å². The molecule has 0 atom stereocenters. The average molecular weight is 332 g/mol. The molecule has 0 spiro atoms. The van der Waals surface area contributed by atoms with E-state index in [9.17, 15) is 0 Å². The first-order chi connectivity index (χ1) is 12.4. The fourth-order valence-electron chi connectivity index (χ4n) is 2.98. The molecule has 6 heteroatoms. The summed E-state index contributed by atoms with van der Waals surface area (Å²) in [5.41, 5.74) is 2.23. The van der Waals surface area contributed by atoms with Gasteiger partial charge in [0.15, 0.2) is 5.82 Å². The van der Waals surface area contributed by atoms with E-state index in [1.165, 1.54) is 5.69 Å². The van der Waals surface area contributed by atoms with Crippen LogP contribution < -0.4 is 15.1 Å². The molecule has 3 aromatic rings. The summed E-state index contributed by atoms with van der Waals surface area (Å²) in [6.07, 6.45) is 1.73. The van der Waals surface area contributed by atoms with E-state index in [0.29, 0.717) is 5.95 Å². The SMILES string of the molecule is c1ccc(Nc2nncc(N3CCN(c4ccccc4)CC3)n2)cc1. The van der Waals surface area contributed by atoms with Gasteiger partial charge in [0.1, 0.15) is 0 Å². The zero-order chi connectivity index (χ0) is 16.9. The number of benzene rings is 2. The number of piperazine rings is 1. The molecule has 6 nitrogen and oxygen atoms in total. The molecule has 4 rings (SSSR count). The van der Waals surface area contributed by atoms with Crippen LogP contribution in [0.15, 0.2) is 66.9 Å². The van der Waals surface area contributed by atoms with Gasteiger partial charge in [-0.25, -0.2) is 0 Å². The van der Waals surface area contributed by atoms with Gasteiger partial charge in [-0.15, -0.1) is 5.10 Å². The van der Waals surface area contributed by atoms with E-state index in [-0.39, 0.29) is 0 Å². The Balaban J connectivity index is 1.42. The molecule has 0 bridgehead atoms. The van der Waals surface area contributed by atoms with Gasteiger partial charge >= 0.3 is 0 Å². The fourth-order valence-corrected chi connectivity index (χ4v) is 2.98. The van der Waals surface area contributed by atoms with Crippen LogP contribution in [-0.2, 0) is 0 Å². The molecule has 25 heavy (non-hydrogen) atoms. The molecular weight excluding hydrogens is 312 g/mol. The molecule has 0 radical (unpaired) electrons. The summed E-state index contributed by atoms with van der Waals surface area (Å²) in [6, 6.07) is 20.4. The van der Waals surface area contributed by atoms with E-state index in [4.69, 9.17) is 0 Å². The molecular formula is C19H20N6. The van der Waals surface area contributed by atoms with Crippen molar-refractivity contribution in [2.75, 3.05) is 41.3 Å². The molecule has 2 aromatic carbocycles. The molecule has 1 N–H and O–H groups in total. The van der Waals surface area contributed by atoms with Crippen LogP contribution in [0, 0.1) is 0 Å². The zero-order valence-corrected chi connectivity index (χ0v) is 13.9. The number of hydrogen-bond donors (Lipinski definition) is 1. The Hall–Kier alpha value is -3.15. The maximum Gasteiger partial charge on any atom is 0.249 e. The van der Waals surface area contributed by atoms with E-state index in [2.05, 4.69) is 54.6 Å². The van der Waals surface area contributed by atoms with Crippen molar-refractivity contribution < 1.29 is 0 Å². The Morgan fingerprint density at radius 2 is 1.40 bits per heavy atom. The Morgan fingerprint density at radius 3 is 2.12 bits per heavy atom. The maximum atomic E-state index is 4.61. The van der Waals surface area contributed by atoms with Gasteiger partial charge in [-0.1, -0.05) is 36.4 Å². The standard InChI is InChI=1S/C19H20N6/c1-3-7-16(8-4-1)21-19-22-18(15-20-23-19)25-13-11-24(12-14-25)17-9-5-2-6-10-17/h1-10,15H,11-14H2,(H,21,22,23). The molecule has 0 amide bonds. The quantitative estimate of drug-likeness (QED) is 0.793. The normalized spacial score (nSPS) is 14.4. The van der Waals surface area contributed by atoms with Gasteiger partial charge < -0.3 is 15.1 Å². The van der Waals surface area contributed by atoms with Crippen LogP contribution in [0.3, 0.4) is 0 Å². The van der Waals surface area contributed by atoms with E-state index in [0.717, 1.165) is 37.7 Å². The third-order valence-electron chi connectivity index (χ3n) is 4.30. The summed E-state index contributed by atoms with van der Waals surface area (Å²) in [5.74, 6) is 1.38. The van der Waals surface area contributed by atoms with Crippen LogP contribution in [0.25, 0.3) is 0 Å². The van der Waals surface area contributed by atoms with Crippen LogP contribution in [0.1, 0.15) is 0 Å². The number of para-hydroxylation sites is 2. The minimum atomic E-state index is 0.522. The molecule has 1 aliphatic heterocycles. The summed E-state index contributed by atoms with van der Waals surface area (Å²) >= 11 is 0. The lowest BCUT2D eigenvalue weighted by Gasteiger charge is -2.36. The summed E-state index contributed by atoms with van der Waals surface area (Å²) in [5, 5.41) is 11.4. The van der Waals surface area contributed by atoms with Crippen molar-refractivity contribution in [2.24, 2.45) is 0 Å². The molecule has 1 aromatic heterocycles. The highest BCUT2D eigenvalue weighted by molar-refractivity contribution is 5.54. The molecule has 1 aliphatic rings. The van der Waals surface area contributed by atoms with Crippen molar-refractivity contribution in [2.45, 2.75) is 0 Å². The van der Waals surface area contributed by atoms with Crippen molar-refractivity contribution >= 4 is 23.1 Å². The minimum absolute atomic E-state index is 0.522. The zero-order valence-electron chi connectivity index (χ0n) is 13.9. The predicted octanol–water partition coefficient (Wildman–Crippen LogP) is 2.94. The van der Waals surface area contributed by atoms with Crippen molar-refractivity contribution in [3.05, 3.63) is 66.9 Å². The second kappa shape index (κ2) is 7.17. The number of rotatable bonds is 4. The highest BCUT2D eigenvalue weighted by Crippen LogP contribution is 2.19. The fraction of sp³-hybridized carbons (Fsp3) is 0.211. The maximum absolute atomic E-state index is 4.61. The molecule has 0 saturated carbocycles. The number of anilines is 4. The first-order valence-electron chi connectivity index (χ1n) is 8.45. The number of hydrogen-bond acceptors (Lipinski definition) is 6. The molecule has 2 heterocycles. The highest BCUT2D eigenvalue weighted by atomic mass is 15.3. The van der Waals surface area contributed by atoms with Crippen molar-refractivity contribution in [1.29, 1.82) is 0 Å². The topological polar surface area (TPSA) is 57.2 Å². The number of nitrogens with zero attached hydrogens (tertiary/aromatic N) is 5. The van der Waals surface area contributed by atoms with Crippen LogP contribution in [0.2, 0.25) is 0 Å². The third-order valence-corrected chi connectivity index (χ3v) is 4.30. The Labute approximate surface area is 147 Å². The van der Waals surface area contributed by atoms with Gasteiger partial charge in [0.05, 0.1) is 6.20 Å². The van der Waals surface area contributed by atoms with Gasteiger partial charge in [-0.2, -0.15) is 10.1 Å². The summed E-state index contributed by atoms with van der Waals surface area (Å²) in [4.78, 5) is 9.26. The lowest BCUT2D eigenvalue weighted by Crippen LogP contribution is -2.46. The lowest BCUT2D eigenvalue weighted by atomic mass is 10.2. The van der Waals surface area contributed by atoms with Crippen molar-refractivity contribution in [1.82, 2.24) is 15.2 Å². The molecule has 0 aliphatic carbocycles. The van der Waals surface area contributed by atoms with Crippen molar-refractivity contribution in [3.8, 4) is 0 Å². The van der Waals surface area contributed by atoms with Gasteiger partial charge in [0.25, 0.3) is 0 Å². The number of aromatic nitrogens is 3. The van der Waals surface area contributed by atoms with Crippen LogP contribution in [0.4, 0.5) is 23.1 Å². The Bertz CT molecular complexity index is 800. The van der Waals surface area contributed by atoms with Gasteiger partial charge in [0, 0.05) is 37.6 Å². The molecule has 1 saturated heterocycles. The van der Waals surface area contributed by atoms with E-state index in [1.54, 1.807) is 6.20 Å². The largest absolute Gasteiger partial charge is 0.368 e. The van der Waals surface area contributed by atoms with Crippen LogP contribution in [-0.4, -0.2) is 41.4 Å². The monoisotopic (exact) mass is 332 g/mol. The number of nitrogens with one attached hydrogen (secondary N) is 1. The van der Waals surface area contributed by atoms with E-state index >= 15 is 0 Å². The minimum Gasteiger partial charge on any atom is -0.368 e. The van der Waals surface area contributed by atoms with Gasteiger partial charge in [-0.05, 0) is 24.3 Å². The Morgan fingerprint density at radius 1 is 0.760 bits per heavy atom. The molecule has 0 unspecified atom stereocenters. The average Bonchev–Trinajstić information content (AvgIpc) is 2.70. The van der Waals surface area contributed by atoms with E-state index < -0.39 is 0 Å². The second-order valence-corrected chi connectivity index (χ2v) is 5.94.